The van der Waals surface area contributed by atoms with Crippen LogP contribution in [0.25, 0.3) is 0 Å². The normalized spacial score (nSPS) is 15.7. The number of carboxylic acid groups (broad SMARTS) is 1. The number of carbonyl (C=O) groups is 3. The lowest BCUT2D eigenvalue weighted by atomic mass is 9.72. The molecule has 1 aliphatic rings. The summed E-state index contributed by atoms with van der Waals surface area (Å²) >= 11 is 0. The molecule has 8 heteroatoms. The summed E-state index contributed by atoms with van der Waals surface area (Å²) in [6.45, 7) is 2.72. The van der Waals surface area contributed by atoms with E-state index in [1.54, 1.807) is 31.2 Å². The lowest BCUT2D eigenvalue weighted by Crippen LogP contribution is -2.50. The van der Waals surface area contributed by atoms with Crippen LogP contribution in [0.15, 0.2) is 42.7 Å². The number of Topliss-reactive ketones (excluding diaryl/α,β-unsaturated/α-hetero) is 1. The number of ether oxygens (including phenoxy) is 1. The van der Waals surface area contributed by atoms with Crippen LogP contribution >= 0.6 is 0 Å². The van der Waals surface area contributed by atoms with Crippen LogP contribution < -0.4 is 4.90 Å². The molecule has 0 radical (unpaired) electrons. The molecule has 2 heterocycles. The summed E-state index contributed by atoms with van der Waals surface area (Å²) in [5, 5.41) is 8.93. The molecule has 0 unspecified atom stereocenters. The molecule has 3 rings (SSSR count). The molecule has 0 bridgehead atoms. The molecule has 0 aliphatic carbocycles. The molecule has 0 atom stereocenters. The number of hydrogen-bond acceptors (Lipinski definition) is 7. The van der Waals surface area contributed by atoms with E-state index in [2.05, 4.69) is 9.97 Å². The lowest BCUT2D eigenvalue weighted by molar-refractivity contribution is -0.153. The first-order valence-electron chi connectivity index (χ1n) is 9.05. The highest BCUT2D eigenvalue weighted by molar-refractivity contribution is 6.12. The summed E-state index contributed by atoms with van der Waals surface area (Å²) in [4.78, 5) is 46.7. The number of benzene rings is 1. The van der Waals surface area contributed by atoms with E-state index in [1.807, 2.05) is 11.0 Å². The van der Waals surface area contributed by atoms with Gasteiger partial charge in [-0.3, -0.25) is 9.59 Å². The van der Waals surface area contributed by atoms with E-state index in [9.17, 15) is 14.4 Å². The van der Waals surface area contributed by atoms with Crippen molar-refractivity contribution in [2.75, 3.05) is 24.6 Å². The molecule has 1 aliphatic heterocycles. The van der Waals surface area contributed by atoms with Gasteiger partial charge in [0.2, 0.25) is 0 Å². The van der Waals surface area contributed by atoms with E-state index in [0.717, 1.165) is 0 Å². The Morgan fingerprint density at radius 2 is 1.79 bits per heavy atom. The van der Waals surface area contributed by atoms with Gasteiger partial charge in [0.05, 0.1) is 19.0 Å². The highest BCUT2D eigenvalue weighted by Gasteiger charge is 2.49. The molecule has 1 saturated heterocycles. The van der Waals surface area contributed by atoms with Gasteiger partial charge < -0.3 is 14.7 Å². The number of ketones is 1. The van der Waals surface area contributed by atoms with Crippen molar-refractivity contribution in [3.05, 3.63) is 54.0 Å². The summed E-state index contributed by atoms with van der Waals surface area (Å²) < 4.78 is 5.24. The number of piperidine rings is 1. The van der Waals surface area contributed by atoms with Crippen molar-refractivity contribution in [3.63, 3.8) is 0 Å². The van der Waals surface area contributed by atoms with Gasteiger partial charge in [-0.15, -0.1) is 0 Å². The Kier molecular flexibility index (Phi) is 5.67. The van der Waals surface area contributed by atoms with Crippen LogP contribution in [0.3, 0.4) is 0 Å². The van der Waals surface area contributed by atoms with Gasteiger partial charge >= 0.3 is 11.9 Å². The predicted octanol–water partition coefficient (Wildman–Crippen LogP) is 2.21. The van der Waals surface area contributed by atoms with E-state index in [0.29, 0.717) is 24.5 Å². The van der Waals surface area contributed by atoms with Crippen molar-refractivity contribution >= 4 is 23.5 Å². The molecule has 0 saturated carbocycles. The van der Waals surface area contributed by atoms with E-state index < -0.39 is 17.4 Å². The first-order valence-corrected chi connectivity index (χ1v) is 9.05. The molecule has 0 spiro atoms. The Balaban J connectivity index is 1.82. The number of aromatic carboxylic acids is 1. The molecule has 8 nitrogen and oxygen atoms in total. The van der Waals surface area contributed by atoms with Gasteiger partial charge in [0.1, 0.15) is 11.2 Å². The van der Waals surface area contributed by atoms with Gasteiger partial charge in [-0.05, 0) is 19.8 Å². The summed E-state index contributed by atoms with van der Waals surface area (Å²) in [5.74, 6) is -1.38. The van der Waals surface area contributed by atoms with Crippen molar-refractivity contribution in [3.8, 4) is 0 Å². The standard InChI is InChI=1S/C20H21N3O5/c1-2-28-19(27)20(17(24)14-6-4-3-5-7-14)8-10-23(11-9-20)16-13-21-15(12-22-16)18(25)26/h3-7,12-13H,2,8-11H2,1H3,(H,25,26). The molecular formula is C20H21N3O5. The van der Waals surface area contributed by atoms with Crippen LogP contribution in [0.1, 0.15) is 40.6 Å². The minimum absolute atomic E-state index is 0.138. The average Bonchev–Trinajstić information content (AvgIpc) is 2.74. The zero-order valence-electron chi connectivity index (χ0n) is 15.5. The second-order valence-electron chi connectivity index (χ2n) is 6.55. The Morgan fingerprint density at radius 1 is 1.11 bits per heavy atom. The summed E-state index contributed by atoms with van der Waals surface area (Å²) in [7, 11) is 0. The zero-order chi connectivity index (χ0) is 20.1. The minimum Gasteiger partial charge on any atom is -0.476 e. The smallest absolute Gasteiger partial charge is 0.356 e. The lowest BCUT2D eigenvalue weighted by Gasteiger charge is -2.39. The van der Waals surface area contributed by atoms with Crippen molar-refractivity contribution in [2.45, 2.75) is 19.8 Å². The van der Waals surface area contributed by atoms with Crippen LogP contribution in [-0.4, -0.2) is 52.5 Å². The number of aromatic nitrogens is 2. The van der Waals surface area contributed by atoms with E-state index in [-0.39, 0.29) is 30.9 Å². The second kappa shape index (κ2) is 8.16. The summed E-state index contributed by atoms with van der Waals surface area (Å²) in [6, 6.07) is 8.75. The van der Waals surface area contributed by atoms with Crippen molar-refractivity contribution in [1.82, 2.24) is 9.97 Å². The number of carbonyl (C=O) groups excluding carboxylic acids is 2. The third-order valence-corrected chi connectivity index (χ3v) is 4.94. The predicted molar refractivity (Wildman–Crippen MR) is 100 cm³/mol. The quantitative estimate of drug-likeness (QED) is 0.459. The third-order valence-electron chi connectivity index (χ3n) is 4.94. The number of hydrogen-bond donors (Lipinski definition) is 1. The van der Waals surface area contributed by atoms with Crippen LogP contribution in [0.2, 0.25) is 0 Å². The SMILES string of the molecule is CCOC(=O)C1(C(=O)c2ccccc2)CCN(c2cnc(C(=O)O)cn2)CC1. The Morgan fingerprint density at radius 3 is 2.32 bits per heavy atom. The van der Waals surface area contributed by atoms with Crippen LogP contribution in [0.5, 0.6) is 0 Å². The Bertz CT molecular complexity index is 859. The Hall–Kier alpha value is -3.29. The maximum atomic E-state index is 13.2. The number of anilines is 1. The molecule has 1 aromatic carbocycles. The fourth-order valence-corrected chi connectivity index (χ4v) is 3.37. The maximum Gasteiger partial charge on any atom is 0.356 e. The highest BCUT2D eigenvalue weighted by atomic mass is 16.5. The van der Waals surface area contributed by atoms with E-state index in [4.69, 9.17) is 9.84 Å². The van der Waals surface area contributed by atoms with Gasteiger partial charge in [0.25, 0.3) is 0 Å². The number of carboxylic acids is 1. The molecular weight excluding hydrogens is 362 g/mol. The Labute approximate surface area is 162 Å². The number of nitrogens with zero attached hydrogens (tertiary/aromatic N) is 3. The molecule has 1 fully saturated rings. The van der Waals surface area contributed by atoms with Gasteiger partial charge in [-0.2, -0.15) is 0 Å². The number of rotatable bonds is 6. The van der Waals surface area contributed by atoms with E-state index in [1.165, 1.54) is 12.4 Å². The third kappa shape index (κ3) is 3.71. The molecule has 2 aromatic rings. The fraction of sp³-hybridized carbons (Fsp3) is 0.350. The summed E-state index contributed by atoms with van der Waals surface area (Å²) in [6.07, 6.45) is 3.14. The minimum atomic E-state index is -1.23. The van der Waals surface area contributed by atoms with Crippen molar-refractivity contribution in [2.24, 2.45) is 5.41 Å². The molecule has 1 aromatic heterocycles. The maximum absolute atomic E-state index is 13.2. The molecule has 0 amide bonds. The average molecular weight is 383 g/mol. The summed E-state index contributed by atoms with van der Waals surface area (Å²) in [5.41, 5.74) is -0.891. The van der Waals surface area contributed by atoms with Gasteiger partial charge in [-0.25, -0.2) is 14.8 Å². The molecule has 146 valence electrons. The zero-order valence-corrected chi connectivity index (χ0v) is 15.5. The van der Waals surface area contributed by atoms with E-state index >= 15 is 0 Å². The first-order chi connectivity index (χ1) is 13.5. The van der Waals surface area contributed by atoms with Gasteiger partial charge in [-0.1, -0.05) is 30.3 Å². The molecule has 1 N–H and O–H groups in total. The second-order valence-corrected chi connectivity index (χ2v) is 6.55. The van der Waals surface area contributed by atoms with Crippen LogP contribution in [-0.2, 0) is 9.53 Å². The first kappa shape index (κ1) is 19.5. The van der Waals surface area contributed by atoms with Gasteiger partial charge in [0, 0.05) is 18.7 Å². The topological polar surface area (TPSA) is 110 Å². The monoisotopic (exact) mass is 383 g/mol. The van der Waals surface area contributed by atoms with Crippen LogP contribution in [0.4, 0.5) is 5.82 Å². The van der Waals surface area contributed by atoms with Gasteiger partial charge in [0.15, 0.2) is 11.5 Å². The van der Waals surface area contributed by atoms with Crippen LogP contribution in [0, 0.1) is 5.41 Å². The highest BCUT2D eigenvalue weighted by Crippen LogP contribution is 2.37. The van der Waals surface area contributed by atoms with Crippen molar-refractivity contribution < 1.29 is 24.2 Å². The largest absolute Gasteiger partial charge is 0.476 e. The fourth-order valence-electron chi connectivity index (χ4n) is 3.37. The van der Waals surface area contributed by atoms with Crippen molar-refractivity contribution in [1.29, 1.82) is 0 Å². The number of esters is 1. The molecule has 28 heavy (non-hydrogen) atoms.